The Hall–Kier alpha value is -2.23. The van der Waals surface area contributed by atoms with E-state index in [1.54, 1.807) is 19.2 Å². The molecule has 0 aliphatic carbocycles. The maximum absolute atomic E-state index is 5.02. The van der Waals surface area contributed by atoms with Crippen molar-refractivity contribution in [2.24, 2.45) is 10.2 Å². The molecule has 0 radical (unpaired) electrons. The molecule has 0 N–H and O–H groups in total. The Balaban J connectivity index is 1.87. The summed E-state index contributed by atoms with van der Waals surface area (Å²) in [7, 11) is 1.58. The number of nitrogens with zero attached hydrogens (tertiary/aromatic N) is 3. The normalized spacial score (nSPS) is 10.7. The smallest absolute Gasteiger partial charge is 0.215 e. The number of ether oxygens (including phenoxy) is 1. The van der Waals surface area contributed by atoms with Gasteiger partial charge in [-0.05, 0) is 18.1 Å². The van der Waals surface area contributed by atoms with Crippen molar-refractivity contribution in [3.63, 3.8) is 0 Å². The van der Waals surface area contributed by atoms with Crippen LogP contribution in [0.25, 0.3) is 0 Å². The molecule has 0 aliphatic rings. The monoisotopic (exact) mass is 241 g/mol. The van der Waals surface area contributed by atoms with Crippen LogP contribution >= 0.6 is 0 Å². The molecule has 0 atom stereocenters. The highest BCUT2D eigenvalue weighted by molar-refractivity contribution is 5.29. The van der Waals surface area contributed by atoms with E-state index in [0.717, 1.165) is 6.42 Å². The fourth-order valence-electron chi connectivity index (χ4n) is 1.52. The van der Waals surface area contributed by atoms with E-state index in [4.69, 9.17) is 4.74 Å². The third kappa shape index (κ3) is 3.66. The summed E-state index contributed by atoms with van der Waals surface area (Å²) in [6.45, 7) is 0.656. The first-order valence-corrected chi connectivity index (χ1v) is 5.81. The standard InChI is InChI=1S/C14H15N3O/c1-18-14-9-5-8-13(16-14)17-15-11-10-12-6-3-2-4-7-12/h2-9H,10-11H2,1H3. The zero-order chi connectivity index (χ0) is 12.6. The van der Waals surface area contributed by atoms with Crippen LogP contribution in [0.1, 0.15) is 5.56 Å². The van der Waals surface area contributed by atoms with Crippen molar-refractivity contribution in [2.75, 3.05) is 13.7 Å². The summed E-state index contributed by atoms with van der Waals surface area (Å²) >= 11 is 0. The summed E-state index contributed by atoms with van der Waals surface area (Å²) in [6, 6.07) is 15.6. The summed E-state index contributed by atoms with van der Waals surface area (Å²) in [5.41, 5.74) is 1.26. The third-order valence-corrected chi connectivity index (χ3v) is 2.43. The summed E-state index contributed by atoms with van der Waals surface area (Å²) in [4.78, 5) is 4.15. The van der Waals surface area contributed by atoms with Crippen molar-refractivity contribution < 1.29 is 4.74 Å². The predicted molar refractivity (Wildman–Crippen MR) is 70.3 cm³/mol. The second kappa shape index (κ2) is 6.49. The first-order chi connectivity index (χ1) is 8.88. The van der Waals surface area contributed by atoms with Gasteiger partial charge in [-0.1, -0.05) is 36.4 Å². The first-order valence-electron chi connectivity index (χ1n) is 5.81. The van der Waals surface area contributed by atoms with Gasteiger partial charge in [0.2, 0.25) is 5.88 Å². The maximum Gasteiger partial charge on any atom is 0.215 e. The Morgan fingerprint density at radius 3 is 2.67 bits per heavy atom. The Labute approximate surface area is 106 Å². The van der Waals surface area contributed by atoms with E-state index in [0.29, 0.717) is 18.2 Å². The molecular weight excluding hydrogens is 226 g/mol. The molecule has 0 spiro atoms. The van der Waals surface area contributed by atoms with E-state index in [1.807, 2.05) is 24.3 Å². The SMILES string of the molecule is COc1cccc(N=NCCc2ccccc2)n1. The van der Waals surface area contributed by atoms with Crippen LogP contribution in [0.15, 0.2) is 58.8 Å². The van der Waals surface area contributed by atoms with E-state index >= 15 is 0 Å². The minimum Gasteiger partial charge on any atom is -0.481 e. The molecule has 2 rings (SSSR count). The Morgan fingerprint density at radius 2 is 1.89 bits per heavy atom. The number of hydrogen-bond donors (Lipinski definition) is 0. The zero-order valence-electron chi connectivity index (χ0n) is 10.3. The van der Waals surface area contributed by atoms with Crippen LogP contribution < -0.4 is 4.74 Å². The van der Waals surface area contributed by atoms with Gasteiger partial charge < -0.3 is 4.74 Å². The van der Waals surface area contributed by atoms with E-state index < -0.39 is 0 Å². The lowest BCUT2D eigenvalue weighted by atomic mass is 10.2. The molecule has 92 valence electrons. The van der Waals surface area contributed by atoms with Gasteiger partial charge in [-0.2, -0.15) is 10.1 Å². The molecule has 0 amide bonds. The number of hydrogen-bond acceptors (Lipinski definition) is 4. The number of rotatable bonds is 5. The Morgan fingerprint density at radius 1 is 1.06 bits per heavy atom. The van der Waals surface area contributed by atoms with E-state index in [9.17, 15) is 0 Å². The van der Waals surface area contributed by atoms with Crippen LogP contribution in [0.3, 0.4) is 0 Å². The van der Waals surface area contributed by atoms with Gasteiger partial charge in [-0.25, -0.2) is 0 Å². The fourth-order valence-corrected chi connectivity index (χ4v) is 1.52. The second-order valence-electron chi connectivity index (χ2n) is 3.74. The zero-order valence-corrected chi connectivity index (χ0v) is 10.3. The molecule has 0 aliphatic heterocycles. The molecule has 0 unspecified atom stereocenters. The number of methoxy groups -OCH3 is 1. The van der Waals surface area contributed by atoms with E-state index in [2.05, 4.69) is 27.3 Å². The second-order valence-corrected chi connectivity index (χ2v) is 3.74. The van der Waals surface area contributed by atoms with Crippen LogP contribution in [0.2, 0.25) is 0 Å². The highest BCUT2D eigenvalue weighted by Crippen LogP contribution is 2.13. The Kier molecular flexibility index (Phi) is 4.41. The van der Waals surface area contributed by atoms with Gasteiger partial charge in [-0.15, -0.1) is 5.11 Å². The molecule has 0 fully saturated rings. The van der Waals surface area contributed by atoms with Crippen LogP contribution in [-0.2, 0) is 6.42 Å². The summed E-state index contributed by atoms with van der Waals surface area (Å²) in [5, 5.41) is 8.18. The Bertz CT molecular complexity index is 511. The average Bonchev–Trinajstić information content (AvgIpc) is 2.45. The molecule has 4 nitrogen and oxygen atoms in total. The summed E-state index contributed by atoms with van der Waals surface area (Å²) in [5.74, 6) is 1.12. The van der Waals surface area contributed by atoms with E-state index in [-0.39, 0.29) is 0 Å². The summed E-state index contributed by atoms with van der Waals surface area (Å²) < 4.78 is 5.02. The lowest BCUT2D eigenvalue weighted by Gasteiger charge is -1.98. The highest BCUT2D eigenvalue weighted by atomic mass is 16.5. The molecule has 4 heteroatoms. The number of aromatic nitrogens is 1. The van der Waals surface area contributed by atoms with Crippen LogP contribution in [0.5, 0.6) is 5.88 Å². The molecule has 1 aromatic carbocycles. The van der Waals surface area contributed by atoms with Gasteiger partial charge in [0.1, 0.15) is 0 Å². The third-order valence-electron chi connectivity index (χ3n) is 2.43. The predicted octanol–water partition coefficient (Wildman–Crippen LogP) is 3.42. The molecule has 0 saturated heterocycles. The maximum atomic E-state index is 5.02. The molecule has 2 aromatic rings. The van der Waals surface area contributed by atoms with Crippen LogP contribution in [-0.4, -0.2) is 18.6 Å². The first kappa shape index (κ1) is 12.2. The van der Waals surface area contributed by atoms with Crippen molar-refractivity contribution in [2.45, 2.75) is 6.42 Å². The largest absolute Gasteiger partial charge is 0.481 e. The van der Waals surface area contributed by atoms with Crippen LogP contribution in [0, 0.1) is 0 Å². The molecule has 0 saturated carbocycles. The number of pyridine rings is 1. The van der Waals surface area contributed by atoms with Crippen molar-refractivity contribution in [3.8, 4) is 5.88 Å². The lowest BCUT2D eigenvalue weighted by Crippen LogP contribution is -1.88. The van der Waals surface area contributed by atoms with Crippen molar-refractivity contribution >= 4 is 5.82 Å². The van der Waals surface area contributed by atoms with Crippen molar-refractivity contribution in [1.82, 2.24) is 4.98 Å². The van der Waals surface area contributed by atoms with Crippen LogP contribution in [0.4, 0.5) is 5.82 Å². The minimum atomic E-state index is 0.550. The molecule has 0 bridgehead atoms. The minimum absolute atomic E-state index is 0.550. The molecular formula is C14H15N3O. The van der Waals surface area contributed by atoms with Gasteiger partial charge in [-0.3, -0.25) is 0 Å². The topological polar surface area (TPSA) is 46.8 Å². The van der Waals surface area contributed by atoms with Gasteiger partial charge in [0.15, 0.2) is 5.82 Å². The molecule has 1 aromatic heterocycles. The van der Waals surface area contributed by atoms with Crippen molar-refractivity contribution in [3.05, 3.63) is 54.1 Å². The van der Waals surface area contributed by atoms with Gasteiger partial charge in [0, 0.05) is 6.07 Å². The number of benzene rings is 1. The van der Waals surface area contributed by atoms with E-state index in [1.165, 1.54) is 5.56 Å². The van der Waals surface area contributed by atoms with Crippen molar-refractivity contribution in [1.29, 1.82) is 0 Å². The lowest BCUT2D eigenvalue weighted by molar-refractivity contribution is 0.398. The van der Waals surface area contributed by atoms with Gasteiger partial charge >= 0.3 is 0 Å². The fraction of sp³-hybridized carbons (Fsp3) is 0.214. The quantitative estimate of drug-likeness (QED) is 0.753. The average molecular weight is 241 g/mol. The van der Waals surface area contributed by atoms with Gasteiger partial charge in [0.05, 0.1) is 13.7 Å². The highest BCUT2D eigenvalue weighted by Gasteiger charge is 1.95. The molecule has 18 heavy (non-hydrogen) atoms. The molecule has 1 heterocycles. The summed E-state index contributed by atoms with van der Waals surface area (Å²) in [6.07, 6.45) is 0.883. The number of azo groups is 1. The van der Waals surface area contributed by atoms with Gasteiger partial charge in [0.25, 0.3) is 0 Å².